The molecule has 1 heterocycles. The summed E-state index contributed by atoms with van der Waals surface area (Å²) in [6, 6.07) is 12.9. The van der Waals surface area contributed by atoms with Crippen molar-refractivity contribution < 1.29 is 24.2 Å². The van der Waals surface area contributed by atoms with Gasteiger partial charge in [0.25, 0.3) is 5.91 Å². The summed E-state index contributed by atoms with van der Waals surface area (Å²) < 4.78 is 4.68. The predicted octanol–water partition coefficient (Wildman–Crippen LogP) is 3.80. The van der Waals surface area contributed by atoms with Crippen molar-refractivity contribution in [2.24, 2.45) is 4.99 Å². The number of aliphatic imine (C=N–C) groups is 1. The molecule has 0 saturated carbocycles. The molecule has 7 nitrogen and oxygen atoms in total. The molecule has 29 heavy (non-hydrogen) atoms. The lowest BCUT2D eigenvalue weighted by Gasteiger charge is -2.12. The third-order valence-electron chi connectivity index (χ3n) is 4.17. The molecule has 1 saturated heterocycles. The Hall–Kier alpha value is -3.39. The molecule has 8 heteroatoms. The maximum atomic E-state index is 12.7. The molecule has 2 aromatic carbocycles. The van der Waals surface area contributed by atoms with Gasteiger partial charge in [-0.1, -0.05) is 12.1 Å². The summed E-state index contributed by atoms with van der Waals surface area (Å²) in [7, 11) is 1.32. The van der Waals surface area contributed by atoms with Gasteiger partial charge in [0.05, 0.1) is 28.8 Å². The van der Waals surface area contributed by atoms with Crippen molar-refractivity contribution in [1.82, 2.24) is 4.90 Å². The molecule has 1 aliphatic heterocycles. The monoisotopic (exact) mass is 410 g/mol. The molecule has 1 amide bonds. The number of hydrogen-bond acceptors (Lipinski definition) is 6. The highest BCUT2D eigenvalue weighted by Gasteiger charge is 2.32. The Morgan fingerprint density at radius 1 is 1.10 bits per heavy atom. The summed E-state index contributed by atoms with van der Waals surface area (Å²) >= 11 is 1.25. The zero-order chi connectivity index (χ0) is 21.0. The van der Waals surface area contributed by atoms with Crippen LogP contribution in [0.3, 0.4) is 0 Å². The fraction of sp³-hybridized carbons (Fsp3) is 0.143. The Bertz CT molecular complexity index is 1010. The lowest BCUT2D eigenvalue weighted by Crippen LogP contribution is -2.28. The quantitative estimate of drug-likeness (QED) is 0.595. The van der Waals surface area contributed by atoms with Crippen LogP contribution in [0.5, 0.6) is 0 Å². The molecule has 0 aliphatic carbocycles. The van der Waals surface area contributed by atoms with Crippen molar-refractivity contribution in [2.45, 2.75) is 6.92 Å². The van der Waals surface area contributed by atoms with E-state index in [2.05, 4.69) is 9.73 Å². The number of carboxylic acids is 1. The van der Waals surface area contributed by atoms with E-state index in [4.69, 9.17) is 5.11 Å². The van der Waals surface area contributed by atoms with E-state index in [-0.39, 0.29) is 11.5 Å². The standard InChI is InChI=1S/C21H18N2O5S/c1-3-23-18(24)17(12-13-4-6-15(7-5-13)20(27)28-2)29-21(23)22-16-10-8-14(9-11-16)19(25)26/h4-12H,3H2,1-2H3,(H,25,26). The van der Waals surface area contributed by atoms with Gasteiger partial charge in [0, 0.05) is 6.54 Å². The average Bonchev–Trinajstić information content (AvgIpc) is 3.02. The SMILES string of the molecule is CCN1C(=O)C(=Cc2ccc(C(=O)OC)cc2)SC1=Nc1ccc(C(=O)O)cc1. The lowest BCUT2D eigenvalue weighted by molar-refractivity contribution is -0.122. The second-order valence-corrected chi connectivity index (χ2v) is 7.03. The maximum Gasteiger partial charge on any atom is 0.337 e. The number of rotatable bonds is 5. The van der Waals surface area contributed by atoms with E-state index in [1.54, 1.807) is 47.4 Å². The molecule has 1 aliphatic rings. The molecular formula is C21H18N2O5S. The molecular weight excluding hydrogens is 392 g/mol. The van der Waals surface area contributed by atoms with Gasteiger partial charge in [-0.15, -0.1) is 0 Å². The normalized spacial score (nSPS) is 16.5. The van der Waals surface area contributed by atoms with Gasteiger partial charge in [0.1, 0.15) is 0 Å². The van der Waals surface area contributed by atoms with Crippen molar-refractivity contribution in [3.8, 4) is 0 Å². The highest BCUT2D eigenvalue weighted by Crippen LogP contribution is 2.34. The van der Waals surface area contributed by atoms with Gasteiger partial charge in [-0.25, -0.2) is 14.6 Å². The summed E-state index contributed by atoms with van der Waals surface area (Å²) in [5.41, 5.74) is 1.94. The summed E-state index contributed by atoms with van der Waals surface area (Å²) in [6.07, 6.45) is 1.74. The number of carbonyl (C=O) groups excluding carboxylic acids is 2. The van der Waals surface area contributed by atoms with Crippen LogP contribution in [-0.4, -0.2) is 46.7 Å². The molecule has 0 bridgehead atoms. The Kier molecular flexibility index (Phi) is 6.13. The highest BCUT2D eigenvalue weighted by atomic mass is 32.2. The minimum absolute atomic E-state index is 0.157. The first-order valence-electron chi connectivity index (χ1n) is 8.74. The average molecular weight is 410 g/mol. The molecule has 0 radical (unpaired) electrons. The third-order valence-corrected chi connectivity index (χ3v) is 5.18. The largest absolute Gasteiger partial charge is 0.478 e. The Labute approximate surface area is 171 Å². The Morgan fingerprint density at radius 2 is 1.72 bits per heavy atom. The van der Waals surface area contributed by atoms with Crippen LogP contribution in [0.15, 0.2) is 58.4 Å². The topological polar surface area (TPSA) is 96.3 Å². The Balaban J connectivity index is 1.85. The van der Waals surface area contributed by atoms with E-state index in [1.807, 2.05) is 6.92 Å². The van der Waals surface area contributed by atoms with Gasteiger partial charge in [0.15, 0.2) is 5.17 Å². The number of amides is 1. The first-order chi connectivity index (χ1) is 13.9. The van der Waals surface area contributed by atoms with E-state index in [0.29, 0.717) is 27.9 Å². The molecule has 2 aromatic rings. The number of hydrogen-bond donors (Lipinski definition) is 1. The number of carboxylic acid groups (broad SMARTS) is 1. The smallest absolute Gasteiger partial charge is 0.337 e. The van der Waals surface area contributed by atoms with Crippen LogP contribution in [0.25, 0.3) is 6.08 Å². The molecule has 0 atom stereocenters. The van der Waals surface area contributed by atoms with Crippen LogP contribution in [0.4, 0.5) is 5.69 Å². The van der Waals surface area contributed by atoms with Gasteiger partial charge in [0.2, 0.25) is 0 Å². The summed E-state index contributed by atoms with van der Waals surface area (Å²) in [5.74, 6) is -1.58. The molecule has 0 unspecified atom stereocenters. The lowest BCUT2D eigenvalue weighted by atomic mass is 10.1. The first-order valence-corrected chi connectivity index (χ1v) is 9.56. The number of methoxy groups -OCH3 is 1. The number of likely N-dealkylation sites (N-methyl/N-ethyl adjacent to an activating group) is 1. The molecule has 0 spiro atoms. The molecule has 1 fully saturated rings. The molecule has 148 valence electrons. The van der Waals surface area contributed by atoms with Crippen LogP contribution in [0, 0.1) is 0 Å². The number of nitrogens with zero attached hydrogens (tertiary/aromatic N) is 2. The molecule has 1 N–H and O–H groups in total. The van der Waals surface area contributed by atoms with Crippen molar-refractivity contribution in [1.29, 1.82) is 0 Å². The van der Waals surface area contributed by atoms with Gasteiger partial charge in [-0.05, 0) is 66.7 Å². The molecule has 0 aromatic heterocycles. The summed E-state index contributed by atoms with van der Waals surface area (Å²) in [6.45, 7) is 2.31. The van der Waals surface area contributed by atoms with Crippen LogP contribution < -0.4 is 0 Å². The van der Waals surface area contributed by atoms with Gasteiger partial charge in [-0.3, -0.25) is 9.69 Å². The van der Waals surface area contributed by atoms with E-state index in [9.17, 15) is 14.4 Å². The minimum Gasteiger partial charge on any atom is -0.478 e. The number of ether oxygens (including phenoxy) is 1. The van der Waals surface area contributed by atoms with Crippen molar-refractivity contribution in [3.63, 3.8) is 0 Å². The number of carbonyl (C=O) groups is 3. The van der Waals surface area contributed by atoms with Gasteiger partial charge < -0.3 is 9.84 Å². The zero-order valence-electron chi connectivity index (χ0n) is 15.8. The van der Waals surface area contributed by atoms with E-state index < -0.39 is 11.9 Å². The van der Waals surface area contributed by atoms with Gasteiger partial charge in [-0.2, -0.15) is 0 Å². The Morgan fingerprint density at radius 3 is 2.28 bits per heavy atom. The van der Waals surface area contributed by atoms with E-state index in [0.717, 1.165) is 5.56 Å². The third kappa shape index (κ3) is 4.55. The van der Waals surface area contributed by atoms with Crippen LogP contribution in [0.2, 0.25) is 0 Å². The fourth-order valence-corrected chi connectivity index (χ4v) is 3.71. The van der Waals surface area contributed by atoms with Crippen LogP contribution in [0.1, 0.15) is 33.2 Å². The first kappa shape index (κ1) is 20.3. The number of aromatic carboxylic acids is 1. The van der Waals surface area contributed by atoms with E-state index in [1.165, 1.54) is 31.0 Å². The minimum atomic E-state index is -1.01. The summed E-state index contributed by atoms with van der Waals surface area (Å²) in [4.78, 5) is 41.8. The second-order valence-electron chi connectivity index (χ2n) is 6.02. The van der Waals surface area contributed by atoms with Crippen LogP contribution in [-0.2, 0) is 9.53 Å². The second kappa shape index (κ2) is 8.74. The maximum absolute atomic E-state index is 12.7. The number of amidine groups is 1. The van der Waals surface area contributed by atoms with Crippen molar-refractivity contribution >= 4 is 46.5 Å². The van der Waals surface area contributed by atoms with E-state index >= 15 is 0 Å². The predicted molar refractivity (Wildman–Crippen MR) is 111 cm³/mol. The number of esters is 1. The highest BCUT2D eigenvalue weighted by molar-refractivity contribution is 8.18. The van der Waals surface area contributed by atoms with Gasteiger partial charge >= 0.3 is 11.9 Å². The van der Waals surface area contributed by atoms with Crippen molar-refractivity contribution in [2.75, 3.05) is 13.7 Å². The van der Waals surface area contributed by atoms with Crippen LogP contribution >= 0.6 is 11.8 Å². The molecule has 3 rings (SSSR count). The van der Waals surface area contributed by atoms with Crippen molar-refractivity contribution in [3.05, 3.63) is 70.1 Å². The zero-order valence-corrected chi connectivity index (χ0v) is 16.6. The summed E-state index contributed by atoms with van der Waals surface area (Å²) in [5, 5.41) is 9.51. The number of thioether (sulfide) groups is 1. The fourth-order valence-electron chi connectivity index (χ4n) is 2.64. The number of benzene rings is 2.